The molecule has 0 amide bonds. The van der Waals surface area contributed by atoms with Crippen LogP contribution in [0, 0.1) is 19.8 Å². The van der Waals surface area contributed by atoms with Gasteiger partial charge in [-0.05, 0) is 50.8 Å². The molecule has 2 N–H and O–H groups in total. The van der Waals surface area contributed by atoms with E-state index >= 15 is 0 Å². The summed E-state index contributed by atoms with van der Waals surface area (Å²) in [5, 5.41) is 0. The van der Waals surface area contributed by atoms with Crippen LogP contribution in [0.2, 0.25) is 0 Å². The summed E-state index contributed by atoms with van der Waals surface area (Å²) in [7, 11) is 2.22. The van der Waals surface area contributed by atoms with Crippen molar-refractivity contribution >= 4 is 0 Å². The second-order valence-electron chi connectivity index (χ2n) is 6.69. The van der Waals surface area contributed by atoms with Crippen LogP contribution in [-0.4, -0.2) is 25.0 Å². The Balaban J connectivity index is 1.89. The second kappa shape index (κ2) is 7.24. The van der Waals surface area contributed by atoms with Gasteiger partial charge in [-0.15, -0.1) is 0 Å². The van der Waals surface area contributed by atoms with Crippen LogP contribution in [0.1, 0.15) is 54.8 Å². The lowest BCUT2D eigenvalue weighted by molar-refractivity contribution is 0.224. The molecule has 1 aliphatic rings. The molecule has 20 heavy (non-hydrogen) atoms. The van der Waals surface area contributed by atoms with E-state index in [4.69, 9.17) is 5.73 Å². The molecule has 2 rings (SSSR count). The Morgan fingerprint density at radius 3 is 2.60 bits per heavy atom. The van der Waals surface area contributed by atoms with Gasteiger partial charge in [-0.3, -0.25) is 0 Å². The zero-order valence-electron chi connectivity index (χ0n) is 13.4. The van der Waals surface area contributed by atoms with Crippen molar-refractivity contribution in [2.45, 2.75) is 52.0 Å². The van der Waals surface area contributed by atoms with Gasteiger partial charge in [-0.1, -0.05) is 43.0 Å². The van der Waals surface area contributed by atoms with E-state index in [1.807, 2.05) is 0 Å². The number of benzene rings is 1. The zero-order chi connectivity index (χ0) is 14.5. The molecule has 0 radical (unpaired) electrons. The first-order valence-corrected chi connectivity index (χ1v) is 8.07. The van der Waals surface area contributed by atoms with E-state index in [1.165, 1.54) is 55.3 Å². The van der Waals surface area contributed by atoms with Crippen LogP contribution in [0.15, 0.2) is 18.2 Å². The maximum atomic E-state index is 6.43. The van der Waals surface area contributed by atoms with Gasteiger partial charge in [0.05, 0.1) is 0 Å². The highest BCUT2D eigenvalue weighted by atomic mass is 15.1. The third-order valence-corrected chi connectivity index (χ3v) is 4.64. The number of nitrogens with zero attached hydrogens (tertiary/aromatic N) is 1. The number of likely N-dealkylation sites (N-methyl/N-ethyl adjacent to an activating group) is 1. The quantitative estimate of drug-likeness (QED) is 0.884. The first kappa shape index (κ1) is 15.5. The minimum atomic E-state index is 0.128. The highest BCUT2D eigenvalue weighted by Crippen LogP contribution is 2.25. The average molecular weight is 274 g/mol. The van der Waals surface area contributed by atoms with Crippen molar-refractivity contribution in [2.24, 2.45) is 11.7 Å². The van der Waals surface area contributed by atoms with Gasteiger partial charge in [0.1, 0.15) is 0 Å². The minimum Gasteiger partial charge on any atom is -0.323 e. The molecule has 0 bridgehead atoms. The van der Waals surface area contributed by atoms with E-state index in [0.717, 1.165) is 12.5 Å². The van der Waals surface area contributed by atoms with Crippen LogP contribution < -0.4 is 5.73 Å². The Hall–Kier alpha value is -0.860. The molecule has 0 aromatic heterocycles. The lowest BCUT2D eigenvalue weighted by Crippen LogP contribution is -2.33. The molecular weight excluding hydrogens is 244 g/mol. The van der Waals surface area contributed by atoms with Crippen LogP contribution in [0.4, 0.5) is 0 Å². The molecule has 0 heterocycles. The van der Waals surface area contributed by atoms with Crippen molar-refractivity contribution in [3.63, 3.8) is 0 Å². The van der Waals surface area contributed by atoms with Crippen LogP contribution in [-0.2, 0) is 0 Å². The summed E-state index contributed by atoms with van der Waals surface area (Å²) in [5.74, 6) is 0.888. The SMILES string of the molecule is Cc1ccc(C)c(C(N)CN(C)CC2CCCCC2)c1. The highest BCUT2D eigenvalue weighted by Gasteiger charge is 2.17. The van der Waals surface area contributed by atoms with E-state index in [-0.39, 0.29) is 6.04 Å². The van der Waals surface area contributed by atoms with Crippen LogP contribution in [0.5, 0.6) is 0 Å². The fourth-order valence-electron chi connectivity index (χ4n) is 3.48. The molecular formula is C18H30N2. The molecule has 0 saturated heterocycles. The molecule has 2 nitrogen and oxygen atoms in total. The molecule has 1 unspecified atom stereocenters. The number of nitrogens with two attached hydrogens (primary N) is 1. The van der Waals surface area contributed by atoms with Gasteiger partial charge >= 0.3 is 0 Å². The predicted molar refractivity (Wildman–Crippen MR) is 86.9 cm³/mol. The van der Waals surface area contributed by atoms with Crippen molar-refractivity contribution in [3.05, 3.63) is 34.9 Å². The van der Waals surface area contributed by atoms with E-state index < -0.39 is 0 Å². The summed E-state index contributed by atoms with van der Waals surface area (Å²) in [6.45, 7) is 6.47. The Morgan fingerprint density at radius 2 is 1.90 bits per heavy atom. The average Bonchev–Trinajstić information content (AvgIpc) is 2.42. The first-order chi connectivity index (χ1) is 9.56. The summed E-state index contributed by atoms with van der Waals surface area (Å²) >= 11 is 0. The fourth-order valence-corrected chi connectivity index (χ4v) is 3.48. The van der Waals surface area contributed by atoms with Crippen molar-refractivity contribution in [1.82, 2.24) is 4.90 Å². The number of hydrogen-bond acceptors (Lipinski definition) is 2. The predicted octanol–water partition coefficient (Wildman–Crippen LogP) is 3.82. The number of rotatable bonds is 5. The Morgan fingerprint density at radius 1 is 1.20 bits per heavy atom. The smallest absolute Gasteiger partial charge is 0.0426 e. The molecule has 1 atom stereocenters. The lowest BCUT2D eigenvalue weighted by atomic mass is 9.89. The first-order valence-electron chi connectivity index (χ1n) is 8.07. The minimum absolute atomic E-state index is 0.128. The van der Waals surface area contributed by atoms with Gasteiger partial charge in [0.25, 0.3) is 0 Å². The summed E-state index contributed by atoms with van der Waals surface area (Å²) in [6.07, 6.45) is 7.08. The molecule has 1 aromatic rings. The molecule has 1 saturated carbocycles. The third kappa shape index (κ3) is 4.32. The van der Waals surface area contributed by atoms with Gasteiger partial charge < -0.3 is 10.6 Å². The van der Waals surface area contributed by atoms with Crippen molar-refractivity contribution in [3.8, 4) is 0 Å². The van der Waals surface area contributed by atoms with Crippen LogP contribution in [0.25, 0.3) is 0 Å². The Kier molecular flexibility index (Phi) is 5.62. The molecule has 0 spiro atoms. The van der Waals surface area contributed by atoms with Crippen LogP contribution in [0.3, 0.4) is 0 Å². The van der Waals surface area contributed by atoms with E-state index in [1.54, 1.807) is 0 Å². The van der Waals surface area contributed by atoms with E-state index in [0.29, 0.717) is 0 Å². The van der Waals surface area contributed by atoms with Gasteiger partial charge in [-0.2, -0.15) is 0 Å². The molecule has 2 heteroatoms. The van der Waals surface area contributed by atoms with Crippen molar-refractivity contribution in [2.75, 3.05) is 20.1 Å². The molecule has 0 aliphatic heterocycles. The van der Waals surface area contributed by atoms with E-state index in [9.17, 15) is 0 Å². The second-order valence-corrected chi connectivity index (χ2v) is 6.69. The van der Waals surface area contributed by atoms with Crippen LogP contribution >= 0.6 is 0 Å². The maximum Gasteiger partial charge on any atom is 0.0426 e. The standard InChI is InChI=1S/C18H30N2/c1-14-9-10-15(2)17(11-14)18(19)13-20(3)12-16-7-5-4-6-8-16/h9-11,16,18H,4-8,12-13,19H2,1-3H3. The van der Waals surface area contributed by atoms with Gasteiger partial charge in [0, 0.05) is 19.1 Å². The summed E-state index contributed by atoms with van der Waals surface area (Å²) in [5.41, 5.74) is 10.4. The van der Waals surface area contributed by atoms with Crippen molar-refractivity contribution < 1.29 is 0 Å². The maximum absolute atomic E-state index is 6.43. The van der Waals surface area contributed by atoms with Crippen molar-refractivity contribution in [1.29, 1.82) is 0 Å². The third-order valence-electron chi connectivity index (χ3n) is 4.64. The summed E-state index contributed by atoms with van der Waals surface area (Å²) in [6, 6.07) is 6.72. The molecule has 1 aromatic carbocycles. The molecule has 1 fully saturated rings. The highest BCUT2D eigenvalue weighted by molar-refractivity contribution is 5.32. The van der Waals surface area contributed by atoms with Gasteiger partial charge in [-0.25, -0.2) is 0 Å². The topological polar surface area (TPSA) is 29.3 Å². The Bertz CT molecular complexity index is 421. The van der Waals surface area contributed by atoms with E-state index in [2.05, 4.69) is 44.0 Å². The lowest BCUT2D eigenvalue weighted by Gasteiger charge is -2.29. The molecule has 1 aliphatic carbocycles. The number of hydrogen-bond donors (Lipinski definition) is 1. The summed E-state index contributed by atoms with van der Waals surface area (Å²) in [4.78, 5) is 2.43. The van der Waals surface area contributed by atoms with Gasteiger partial charge in [0.15, 0.2) is 0 Å². The normalized spacial score (nSPS) is 18.4. The molecule has 112 valence electrons. The summed E-state index contributed by atoms with van der Waals surface area (Å²) < 4.78 is 0. The number of aryl methyl sites for hydroxylation is 2. The fraction of sp³-hybridized carbons (Fsp3) is 0.667. The monoisotopic (exact) mass is 274 g/mol. The Labute approximate surface area is 124 Å². The van der Waals surface area contributed by atoms with Gasteiger partial charge in [0.2, 0.25) is 0 Å². The largest absolute Gasteiger partial charge is 0.323 e. The zero-order valence-corrected chi connectivity index (χ0v) is 13.4.